The Balaban J connectivity index is 0.000001000. The molecule has 0 aliphatic rings. The van der Waals surface area contributed by atoms with Crippen LogP contribution in [0.2, 0.25) is 0 Å². The first kappa shape index (κ1) is 11.3. The van der Waals surface area contributed by atoms with Crippen molar-refractivity contribution in [1.29, 1.82) is 0 Å². The van der Waals surface area contributed by atoms with Crippen LogP contribution in [0.5, 0.6) is 0 Å². The summed E-state index contributed by atoms with van der Waals surface area (Å²) in [6, 6.07) is 3.18. The fraction of sp³-hybridized carbons (Fsp3) is 0.167. The van der Waals surface area contributed by atoms with Crippen molar-refractivity contribution in [3.05, 3.63) is 23.9 Å². The van der Waals surface area contributed by atoms with Gasteiger partial charge in [0.1, 0.15) is 5.03 Å². The van der Waals surface area contributed by atoms with E-state index in [9.17, 15) is 8.76 Å². The van der Waals surface area contributed by atoms with E-state index in [0.29, 0.717) is 0 Å². The van der Waals surface area contributed by atoms with Crippen LogP contribution in [0.15, 0.2) is 23.4 Å². The van der Waals surface area contributed by atoms with Crippen LogP contribution in [-0.4, -0.2) is 13.7 Å². The molecule has 0 saturated heterocycles. The molecule has 1 heterocycles. The number of rotatable bonds is 1. The summed E-state index contributed by atoms with van der Waals surface area (Å²) in [4.78, 5) is 3.67. The van der Waals surface area contributed by atoms with E-state index >= 15 is 0 Å². The number of aryl methyl sites for hydroxylation is 1. The first-order chi connectivity index (χ1) is 4.70. The molecule has 0 bridgehead atoms. The summed E-state index contributed by atoms with van der Waals surface area (Å²) in [7, 11) is 0. The molecule has 0 aliphatic carbocycles. The van der Waals surface area contributed by atoms with Crippen molar-refractivity contribution in [1.82, 2.24) is 4.98 Å². The van der Waals surface area contributed by atoms with E-state index in [0.717, 1.165) is 5.56 Å². The fourth-order valence-corrected chi connectivity index (χ4v) is 0.871. The van der Waals surface area contributed by atoms with Crippen molar-refractivity contribution in [3.63, 3.8) is 0 Å². The van der Waals surface area contributed by atoms with Crippen LogP contribution in [0.25, 0.3) is 0 Å². The quantitative estimate of drug-likeness (QED) is 0.358. The standard InChI is InChI=1S/C6H7NO2S.Na/c1-5-2-3-6(7-4-5)10(8)9;/h2-4H,1H3,(H,8,9);/q;+1/p-1. The molecule has 0 radical (unpaired) electrons. The molecule has 0 aromatic carbocycles. The molecule has 0 fully saturated rings. The molecule has 5 heteroatoms. The van der Waals surface area contributed by atoms with Crippen LogP contribution in [0.4, 0.5) is 0 Å². The monoisotopic (exact) mass is 179 g/mol. The van der Waals surface area contributed by atoms with Crippen molar-refractivity contribution in [2.45, 2.75) is 11.9 Å². The molecule has 3 nitrogen and oxygen atoms in total. The maximum Gasteiger partial charge on any atom is 1.00 e. The minimum atomic E-state index is -2.20. The summed E-state index contributed by atoms with van der Waals surface area (Å²) in [5.41, 5.74) is 0.953. The minimum absolute atomic E-state index is 0. The molecule has 1 unspecified atom stereocenters. The number of hydrogen-bond donors (Lipinski definition) is 0. The van der Waals surface area contributed by atoms with E-state index in [4.69, 9.17) is 0 Å². The van der Waals surface area contributed by atoms with Gasteiger partial charge in [-0.25, -0.2) is 4.98 Å². The van der Waals surface area contributed by atoms with Crippen LogP contribution < -0.4 is 29.6 Å². The molecule has 0 N–H and O–H groups in total. The van der Waals surface area contributed by atoms with Gasteiger partial charge in [-0.3, -0.25) is 4.21 Å². The molecule has 54 valence electrons. The first-order valence-corrected chi connectivity index (χ1v) is 3.79. The molecule has 1 atom stereocenters. The van der Waals surface area contributed by atoms with Crippen molar-refractivity contribution in [2.75, 3.05) is 0 Å². The van der Waals surface area contributed by atoms with Crippen molar-refractivity contribution >= 4 is 11.1 Å². The van der Waals surface area contributed by atoms with Crippen molar-refractivity contribution < 1.29 is 38.3 Å². The van der Waals surface area contributed by atoms with Gasteiger partial charge in [0.05, 0.1) is 0 Å². The third-order valence-electron chi connectivity index (χ3n) is 1.05. The number of nitrogens with zero attached hydrogens (tertiary/aromatic N) is 1. The average molecular weight is 179 g/mol. The Morgan fingerprint density at radius 1 is 1.55 bits per heavy atom. The van der Waals surface area contributed by atoms with E-state index < -0.39 is 11.1 Å². The molecule has 0 spiro atoms. The molecule has 1 aromatic heterocycles. The Kier molecular flexibility index (Phi) is 5.12. The van der Waals surface area contributed by atoms with Gasteiger partial charge in [-0.1, -0.05) is 6.07 Å². The predicted octanol–water partition coefficient (Wildman–Crippen LogP) is -2.37. The average Bonchev–Trinajstić information content (AvgIpc) is 1.88. The van der Waals surface area contributed by atoms with Gasteiger partial charge in [-0.15, -0.1) is 0 Å². The summed E-state index contributed by atoms with van der Waals surface area (Å²) >= 11 is -2.20. The van der Waals surface area contributed by atoms with Crippen LogP contribution in [0.3, 0.4) is 0 Å². The second-order valence-electron chi connectivity index (χ2n) is 1.91. The normalized spacial score (nSPS) is 11.8. The van der Waals surface area contributed by atoms with Gasteiger partial charge < -0.3 is 4.55 Å². The molecular weight excluding hydrogens is 173 g/mol. The molecular formula is C6H6NNaO2S. The molecule has 0 aliphatic heterocycles. The second-order valence-corrected chi connectivity index (χ2v) is 2.80. The topological polar surface area (TPSA) is 53.0 Å². The van der Waals surface area contributed by atoms with Gasteiger partial charge in [-0.05, 0) is 29.6 Å². The Morgan fingerprint density at radius 2 is 2.18 bits per heavy atom. The van der Waals surface area contributed by atoms with Gasteiger partial charge in [0.25, 0.3) is 0 Å². The maximum atomic E-state index is 10.2. The molecule has 11 heavy (non-hydrogen) atoms. The Hall–Kier alpha value is 0.260. The van der Waals surface area contributed by atoms with Crippen LogP contribution in [0, 0.1) is 6.92 Å². The maximum absolute atomic E-state index is 10.2. The minimum Gasteiger partial charge on any atom is -0.767 e. The molecule has 0 saturated carbocycles. The van der Waals surface area contributed by atoms with Gasteiger partial charge in [0, 0.05) is 6.20 Å². The fourth-order valence-electron chi connectivity index (χ4n) is 0.553. The summed E-state index contributed by atoms with van der Waals surface area (Å²) < 4.78 is 20.5. The summed E-state index contributed by atoms with van der Waals surface area (Å²) in [6.07, 6.45) is 1.52. The third kappa shape index (κ3) is 3.44. The molecule has 0 amide bonds. The third-order valence-corrected chi connectivity index (χ3v) is 1.64. The van der Waals surface area contributed by atoms with Crippen molar-refractivity contribution in [3.8, 4) is 0 Å². The van der Waals surface area contributed by atoms with E-state index in [-0.39, 0.29) is 34.6 Å². The van der Waals surface area contributed by atoms with E-state index in [1.54, 1.807) is 6.07 Å². The van der Waals surface area contributed by atoms with Gasteiger partial charge in [0.15, 0.2) is 0 Å². The van der Waals surface area contributed by atoms with Crippen LogP contribution in [0.1, 0.15) is 5.56 Å². The summed E-state index contributed by atoms with van der Waals surface area (Å²) in [5, 5.41) is 0.0885. The SMILES string of the molecule is Cc1ccc(S(=O)[O-])nc1.[Na+]. The molecule has 1 rings (SSSR count). The van der Waals surface area contributed by atoms with E-state index in [1.165, 1.54) is 12.3 Å². The van der Waals surface area contributed by atoms with Gasteiger partial charge in [-0.2, -0.15) is 0 Å². The van der Waals surface area contributed by atoms with Crippen molar-refractivity contribution in [2.24, 2.45) is 0 Å². The summed E-state index contributed by atoms with van der Waals surface area (Å²) in [6.45, 7) is 1.85. The van der Waals surface area contributed by atoms with Crippen LogP contribution >= 0.6 is 0 Å². The Bertz CT molecular complexity index is 249. The Morgan fingerprint density at radius 3 is 2.55 bits per heavy atom. The Labute approximate surface area is 89.8 Å². The van der Waals surface area contributed by atoms with Crippen LogP contribution in [-0.2, 0) is 11.1 Å². The van der Waals surface area contributed by atoms with E-state index in [1.807, 2.05) is 6.92 Å². The zero-order chi connectivity index (χ0) is 7.56. The van der Waals surface area contributed by atoms with E-state index in [2.05, 4.69) is 4.98 Å². The largest absolute Gasteiger partial charge is 1.00 e. The number of hydrogen-bond acceptors (Lipinski definition) is 3. The predicted molar refractivity (Wildman–Crippen MR) is 36.2 cm³/mol. The smallest absolute Gasteiger partial charge is 0.767 e. The van der Waals surface area contributed by atoms with Gasteiger partial charge >= 0.3 is 29.6 Å². The van der Waals surface area contributed by atoms with Gasteiger partial charge in [0.2, 0.25) is 0 Å². The summed E-state index contributed by atoms with van der Waals surface area (Å²) in [5.74, 6) is 0. The zero-order valence-electron chi connectivity index (χ0n) is 6.40. The first-order valence-electron chi connectivity index (χ1n) is 2.72. The molecule has 1 aromatic rings. The number of aromatic nitrogens is 1. The zero-order valence-corrected chi connectivity index (χ0v) is 9.22. The number of pyridine rings is 1. The second kappa shape index (κ2) is 5.00.